The third-order valence-electron chi connectivity index (χ3n) is 2.42. The van der Waals surface area contributed by atoms with Crippen molar-refractivity contribution in [1.82, 2.24) is 10.1 Å². The van der Waals surface area contributed by atoms with Crippen molar-refractivity contribution in [2.75, 3.05) is 0 Å². The van der Waals surface area contributed by atoms with E-state index in [1.54, 1.807) is 6.07 Å². The van der Waals surface area contributed by atoms with E-state index < -0.39 is 0 Å². The van der Waals surface area contributed by atoms with Crippen LogP contribution in [0.15, 0.2) is 16.7 Å². The minimum atomic E-state index is 0.299. The van der Waals surface area contributed by atoms with Gasteiger partial charge in [0, 0.05) is 5.92 Å². The highest BCUT2D eigenvalue weighted by atomic mass is 32.1. The molecule has 4 nitrogen and oxygen atoms in total. The van der Waals surface area contributed by atoms with Crippen LogP contribution in [0.5, 0.6) is 0 Å². The summed E-state index contributed by atoms with van der Waals surface area (Å²) >= 11 is 1.36. The molecule has 0 N–H and O–H groups in total. The van der Waals surface area contributed by atoms with Crippen LogP contribution >= 0.6 is 11.3 Å². The summed E-state index contributed by atoms with van der Waals surface area (Å²) in [5, 5.41) is 12.7. The van der Waals surface area contributed by atoms with Gasteiger partial charge in [-0.2, -0.15) is 10.2 Å². The van der Waals surface area contributed by atoms with E-state index in [4.69, 9.17) is 9.78 Å². The molecule has 0 aliphatic heterocycles. The van der Waals surface area contributed by atoms with Crippen molar-refractivity contribution in [3.63, 3.8) is 0 Å². The summed E-state index contributed by atoms with van der Waals surface area (Å²) in [6.07, 6.45) is 0.979. The van der Waals surface area contributed by atoms with E-state index in [1.165, 1.54) is 11.3 Å². The Bertz CT molecular complexity index is 523. The lowest BCUT2D eigenvalue weighted by Crippen LogP contribution is -1.93. The van der Waals surface area contributed by atoms with Crippen molar-refractivity contribution in [3.8, 4) is 16.8 Å². The second kappa shape index (κ2) is 4.45. The lowest BCUT2D eigenvalue weighted by molar-refractivity contribution is 0.417. The summed E-state index contributed by atoms with van der Waals surface area (Å²) in [4.78, 5) is 5.82. The molecule has 0 fully saturated rings. The minimum Gasteiger partial charge on any atom is -0.333 e. The van der Waals surface area contributed by atoms with Gasteiger partial charge in [-0.25, -0.2) is 0 Å². The predicted molar refractivity (Wildman–Crippen MR) is 61.0 cm³/mol. The second-order valence-electron chi connectivity index (χ2n) is 3.54. The van der Waals surface area contributed by atoms with Gasteiger partial charge in [-0.05, 0) is 18.6 Å². The highest BCUT2D eigenvalue weighted by molar-refractivity contribution is 7.15. The molecule has 5 heteroatoms. The third-order valence-corrected chi connectivity index (χ3v) is 3.40. The summed E-state index contributed by atoms with van der Waals surface area (Å²) in [5.41, 5.74) is 0. The van der Waals surface area contributed by atoms with Crippen molar-refractivity contribution in [1.29, 1.82) is 5.26 Å². The normalized spacial score (nSPS) is 12.3. The zero-order valence-corrected chi connectivity index (χ0v) is 9.91. The molecule has 16 heavy (non-hydrogen) atoms. The molecule has 0 radical (unpaired) electrons. The van der Waals surface area contributed by atoms with Crippen molar-refractivity contribution in [3.05, 3.63) is 22.8 Å². The minimum absolute atomic E-state index is 0.299. The van der Waals surface area contributed by atoms with Crippen LogP contribution in [0.1, 0.15) is 36.9 Å². The maximum absolute atomic E-state index is 8.72. The SMILES string of the molecule is CCC(C)c1noc(-c2ccc(C#N)s2)n1. The molecule has 2 rings (SSSR count). The fourth-order valence-corrected chi connectivity index (χ4v) is 1.96. The van der Waals surface area contributed by atoms with E-state index in [9.17, 15) is 0 Å². The number of rotatable bonds is 3. The van der Waals surface area contributed by atoms with Crippen molar-refractivity contribution in [2.45, 2.75) is 26.2 Å². The van der Waals surface area contributed by atoms with Gasteiger partial charge in [-0.15, -0.1) is 11.3 Å². The van der Waals surface area contributed by atoms with E-state index in [2.05, 4.69) is 30.1 Å². The van der Waals surface area contributed by atoms with E-state index >= 15 is 0 Å². The molecule has 0 saturated carbocycles. The van der Waals surface area contributed by atoms with Crippen LogP contribution in [0, 0.1) is 11.3 Å². The van der Waals surface area contributed by atoms with Crippen LogP contribution in [0.2, 0.25) is 0 Å². The lowest BCUT2D eigenvalue weighted by atomic mass is 10.1. The molecule has 1 atom stereocenters. The summed E-state index contributed by atoms with van der Waals surface area (Å²) in [7, 11) is 0. The largest absolute Gasteiger partial charge is 0.333 e. The molecular weight excluding hydrogens is 222 g/mol. The van der Waals surface area contributed by atoms with Gasteiger partial charge in [-0.3, -0.25) is 0 Å². The summed E-state index contributed by atoms with van der Waals surface area (Å²) in [5.74, 6) is 1.53. The first-order valence-corrected chi connectivity index (χ1v) is 5.90. The summed E-state index contributed by atoms with van der Waals surface area (Å²) in [6.45, 7) is 4.14. The first-order valence-electron chi connectivity index (χ1n) is 5.08. The fraction of sp³-hybridized carbons (Fsp3) is 0.364. The van der Waals surface area contributed by atoms with Crippen molar-refractivity contribution in [2.24, 2.45) is 0 Å². The Hall–Kier alpha value is -1.67. The predicted octanol–water partition coefficient (Wildman–Crippen LogP) is 3.18. The van der Waals surface area contributed by atoms with Gasteiger partial charge in [0.25, 0.3) is 5.89 Å². The maximum Gasteiger partial charge on any atom is 0.268 e. The molecule has 82 valence electrons. The Kier molecular flexibility index (Phi) is 3.02. The van der Waals surface area contributed by atoms with Gasteiger partial charge in [0.2, 0.25) is 0 Å². The van der Waals surface area contributed by atoms with Gasteiger partial charge in [0.1, 0.15) is 10.9 Å². The molecule has 0 aliphatic rings. The van der Waals surface area contributed by atoms with Crippen LogP contribution in [-0.4, -0.2) is 10.1 Å². The molecule has 0 bridgehead atoms. The molecule has 0 aliphatic carbocycles. The fourth-order valence-electron chi connectivity index (χ4n) is 1.23. The van der Waals surface area contributed by atoms with Gasteiger partial charge in [0.05, 0.1) is 4.88 Å². The van der Waals surface area contributed by atoms with Crippen LogP contribution < -0.4 is 0 Å². The number of hydrogen-bond acceptors (Lipinski definition) is 5. The molecule has 0 amide bonds. The number of nitrogens with zero attached hydrogens (tertiary/aromatic N) is 3. The standard InChI is InChI=1S/C11H11N3OS/c1-3-7(2)10-13-11(15-14-10)9-5-4-8(6-12)16-9/h4-5,7H,3H2,1-2H3. The molecule has 2 heterocycles. The molecule has 0 spiro atoms. The Balaban J connectivity index is 2.28. The first kappa shape index (κ1) is 10.8. The van der Waals surface area contributed by atoms with Crippen LogP contribution in [0.4, 0.5) is 0 Å². The number of aromatic nitrogens is 2. The number of hydrogen-bond donors (Lipinski definition) is 0. The van der Waals surface area contributed by atoms with Crippen molar-refractivity contribution >= 4 is 11.3 Å². The van der Waals surface area contributed by atoms with Crippen LogP contribution in [-0.2, 0) is 0 Å². The monoisotopic (exact) mass is 233 g/mol. The Morgan fingerprint density at radius 2 is 2.38 bits per heavy atom. The zero-order valence-electron chi connectivity index (χ0n) is 9.10. The Labute approximate surface area is 97.5 Å². The lowest BCUT2D eigenvalue weighted by Gasteiger charge is -1.98. The van der Waals surface area contributed by atoms with Gasteiger partial charge >= 0.3 is 0 Å². The van der Waals surface area contributed by atoms with Gasteiger partial charge in [0.15, 0.2) is 5.82 Å². The van der Waals surface area contributed by atoms with Gasteiger partial charge < -0.3 is 4.52 Å². The second-order valence-corrected chi connectivity index (χ2v) is 4.63. The Morgan fingerprint density at radius 1 is 1.56 bits per heavy atom. The molecule has 0 aromatic carbocycles. The Morgan fingerprint density at radius 3 is 3.00 bits per heavy atom. The quantitative estimate of drug-likeness (QED) is 0.816. The van der Waals surface area contributed by atoms with E-state index in [0.717, 1.165) is 17.1 Å². The highest BCUT2D eigenvalue weighted by Gasteiger charge is 2.14. The van der Waals surface area contributed by atoms with Crippen LogP contribution in [0.25, 0.3) is 10.8 Å². The van der Waals surface area contributed by atoms with Gasteiger partial charge in [-0.1, -0.05) is 19.0 Å². The van der Waals surface area contributed by atoms with E-state index in [1.807, 2.05) is 6.07 Å². The van der Waals surface area contributed by atoms with Crippen molar-refractivity contribution < 1.29 is 4.52 Å². The smallest absolute Gasteiger partial charge is 0.268 e. The topological polar surface area (TPSA) is 62.7 Å². The zero-order chi connectivity index (χ0) is 11.5. The van der Waals surface area contributed by atoms with E-state index in [-0.39, 0.29) is 0 Å². The number of thiophene rings is 1. The summed E-state index contributed by atoms with van der Waals surface area (Å²) in [6, 6.07) is 5.67. The van der Waals surface area contributed by atoms with Crippen LogP contribution in [0.3, 0.4) is 0 Å². The van der Waals surface area contributed by atoms with E-state index in [0.29, 0.717) is 16.7 Å². The highest BCUT2D eigenvalue weighted by Crippen LogP contribution is 2.27. The average molecular weight is 233 g/mol. The number of nitriles is 1. The summed E-state index contributed by atoms with van der Waals surface area (Å²) < 4.78 is 5.17. The molecular formula is C11H11N3OS. The third kappa shape index (κ3) is 1.97. The molecule has 2 aromatic heterocycles. The molecule has 0 saturated heterocycles. The molecule has 2 aromatic rings. The first-order chi connectivity index (χ1) is 7.74. The molecule has 1 unspecified atom stereocenters. The maximum atomic E-state index is 8.72. The average Bonchev–Trinajstić information content (AvgIpc) is 2.95.